The van der Waals surface area contributed by atoms with Crippen LogP contribution in [0.15, 0.2) is 22.7 Å². The Morgan fingerprint density at radius 3 is 2.94 bits per heavy atom. The van der Waals surface area contributed by atoms with Crippen LogP contribution in [0.5, 0.6) is 0 Å². The third-order valence-corrected chi connectivity index (χ3v) is 3.26. The summed E-state index contributed by atoms with van der Waals surface area (Å²) in [7, 11) is 0. The van der Waals surface area contributed by atoms with Gasteiger partial charge in [0.15, 0.2) is 0 Å². The monoisotopic (exact) mass is 299 g/mol. The van der Waals surface area contributed by atoms with Gasteiger partial charge in [0, 0.05) is 22.5 Å². The standard InChI is InChI=1S/C13H15BrClN/c1-2-3-4-5-8-16-10-11-9-12(15)6-7-13(11)14/h1,6-7,9,16H,3-5,8,10H2. The van der Waals surface area contributed by atoms with E-state index in [-0.39, 0.29) is 0 Å². The molecular formula is C13H15BrClN. The summed E-state index contributed by atoms with van der Waals surface area (Å²) in [4.78, 5) is 0. The molecule has 86 valence electrons. The van der Waals surface area contributed by atoms with Crippen LogP contribution < -0.4 is 5.32 Å². The van der Waals surface area contributed by atoms with Crippen LogP contribution in [0, 0.1) is 12.3 Å². The van der Waals surface area contributed by atoms with E-state index in [1.54, 1.807) is 0 Å². The van der Waals surface area contributed by atoms with Gasteiger partial charge in [-0.15, -0.1) is 12.3 Å². The normalized spacial score (nSPS) is 10.1. The zero-order valence-electron chi connectivity index (χ0n) is 9.10. The topological polar surface area (TPSA) is 12.0 Å². The number of unbranched alkanes of at least 4 members (excludes halogenated alkanes) is 2. The quantitative estimate of drug-likeness (QED) is 0.618. The summed E-state index contributed by atoms with van der Waals surface area (Å²) in [5, 5.41) is 4.14. The maximum absolute atomic E-state index is 5.93. The maximum atomic E-state index is 5.93. The Labute approximate surface area is 111 Å². The van der Waals surface area contributed by atoms with Crippen molar-refractivity contribution in [3.8, 4) is 12.3 Å². The zero-order valence-corrected chi connectivity index (χ0v) is 11.4. The van der Waals surface area contributed by atoms with Gasteiger partial charge in [-0.25, -0.2) is 0 Å². The highest BCUT2D eigenvalue weighted by molar-refractivity contribution is 9.10. The molecule has 0 aliphatic heterocycles. The average molecular weight is 301 g/mol. The molecule has 1 N–H and O–H groups in total. The third kappa shape index (κ3) is 5.03. The second-order valence-electron chi connectivity index (χ2n) is 3.57. The lowest BCUT2D eigenvalue weighted by molar-refractivity contribution is 0.629. The van der Waals surface area contributed by atoms with Crippen molar-refractivity contribution in [3.63, 3.8) is 0 Å². The first-order chi connectivity index (χ1) is 7.74. The van der Waals surface area contributed by atoms with Crippen molar-refractivity contribution in [2.45, 2.75) is 25.8 Å². The molecule has 0 atom stereocenters. The van der Waals surface area contributed by atoms with Crippen molar-refractivity contribution in [2.24, 2.45) is 0 Å². The number of halogens is 2. The van der Waals surface area contributed by atoms with Gasteiger partial charge < -0.3 is 5.32 Å². The summed E-state index contributed by atoms with van der Waals surface area (Å²) in [6.45, 7) is 1.82. The Balaban J connectivity index is 2.27. The van der Waals surface area contributed by atoms with Gasteiger partial charge in [-0.1, -0.05) is 27.5 Å². The zero-order chi connectivity index (χ0) is 11.8. The molecule has 1 aromatic carbocycles. The van der Waals surface area contributed by atoms with Crippen molar-refractivity contribution < 1.29 is 0 Å². The molecule has 0 fully saturated rings. The van der Waals surface area contributed by atoms with Crippen molar-refractivity contribution in [2.75, 3.05) is 6.54 Å². The van der Waals surface area contributed by atoms with Crippen LogP contribution >= 0.6 is 27.5 Å². The minimum Gasteiger partial charge on any atom is -0.313 e. The Bertz CT molecular complexity index is 371. The molecule has 0 unspecified atom stereocenters. The number of rotatable bonds is 6. The predicted molar refractivity (Wildman–Crippen MR) is 73.5 cm³/mol. The molecule has 0 aliphatic rings. The maximum Gasteiger partial charge on any atom is 0.0410 e. The Hall–Kier alpha value is -0.490. The fourth-order valence-corrected chi connectivity index (χ4v) is 1.96. The van der Waals surface area contributed by atoms with E-state index in [2.05, 4.69) is 27.2 Å². The summed E-state index contributed by atoms with van der Waals surface area (Å²) in [6, 6.07) is 5.82. The van der Waals surface area contributed by atoms with E-state index in [0.717, 1.165) is 41.8 Å². The van der Waals surface area contributed by atoms with Gasteiger partial charge in [0.2, 0.25) is 0 Å². The first-order valence-corrected chi connectivity index (χ1v) is 6.49. The van der Waals surface area contributed by atoms with Crippen LogP contribution in [0.4, 0.5) is 0 Å². The minimum atomic E-state index is 0.771. The average Bonchev–Trinajstić information content (AvgIpc) is 2.28. The Morgan fingerprint density at radius 1 is 1.38 bits per heavy atom. The fourth-order valence-electron chi connectivity index (χ4n) is 1.38. The first-order valence-electron chi connectivity index (χ1n) is 5.32. The summed E-state index contributed by atoms with van der Waals surface area (Å²) in [5.41, 5.74) is 1.18. The molecule has 1 rings (SSSR count). The van der Waals surface area contributed by atoms with Gasteiger partial charge in [0.05, 0.1) is 0 Å². The molecular weight excluding hydrogens is 286 g/mol. The predicted octanol–water partition coefficient (Wildman–Crippen LogP) is 4.00. The van der Waals surface area contributed by atoms with Crippen LogP contribution in [-0.2, 0) is 6.54 Å². The Morgan fingerprint density at radius 2 is 2.19 bits per heavy atom. The number of nitrogens with one attached hydrogen (secondary N) is 1. The summed E-state index contributed by atoms with van der Waals surface area (Å²) in [6.07, 6.45) is 8.24. The molecule has 3 heteroatoms. The van der Waals surface area contributed by atoms with E-state index >= 15 is 0 Å². The smallest absolute Gasteiger partial charge is 0.0410 e. The van der Waals surface area contributed by atoms with Gasteiger partial charge in [-0.3, -0.25) is 0 Å². The van der Waals surface area contributed by atoms with Gasteiger partial charge in [0.25, 0.3) is 0 Å². The molecule has 16 heavy (non-hydrogen) atoms. The van der Waals surface area contributed by atoms with Crippen LogP contribution in [0.2, 0.25) is 5.02 Å². The van der Waals surface area contributed by atoms with Gasteiger partial charge in [-0.05, 0) is 43.1 Å². The number of hydrogen-bond acceptors (Lipinski definition) is 1. The van der Waals surface area contributed by atoms with Gasteiger partial charge in [-0.2, -0.15) is 0 Å². The van der Waals surface area contributed by atoms with Crippen molar-refractivity contribution in [1.29, 1.82) is 0 Å². The largest absolute Gasteiger partial charge is 0.313 e. The molecule has 0 bridgehead atoms. The highest BCUT2D eigenvalue weighted by Crippen LogP contribution is 2.20. The van der Waals surface area contributed by atoms with E-state index in [4.69, 9.17) is 18.0 Å². The van der Waals surface area contributed by atoms with Crippen LogP contribution in [0.1, 0.15) is 24.8 Å². The summed E-state index contributed by atoms with van der Waals surface area (Å²) in [5.74, 6) is 2.64. The van der Waals surface area contributed by atoms with E-state index in [1.807, 2.05) is 18.2 Å². The van der Waals surface area contributed by atoms with Crippen LogP contribution in [0.3, 0.4) is 0 Å². The third-order valence-electron chi connectivity index (χ3n) is 2.25. The molecule has 0 saturated carbocycles. The minimum absolute atomic E-state index is 0.771. The second kappa shape index (κ2) is 7.73. The summed E-state index contributed by atoms with van der Waals surface area (Å²) < 4.78 is 1.09. The molecule has 0 spiro atoms. The van der Waals surface area contributed by atoms with Crippen molar-refractivity contribution >= 4 is 27.5 Å². The van der Waals surface area contributed by atoms with E-state index in [9.17, 15) is 0 Å². The van der Waals surface area contributed by atoms with Crippen molar-refractivity contribution in [3.05, 3.63) is 33.3 Å². The highest BCUT2D eigenvalue weighted by atomic mass is 79.9. The SMILES string of the molecule is C#CCCCCNCc1cc(Cl)ccc1Br. The Kier molecular flexibility index (Phi) is 6.56. The highest BCUT2D eigenvalue weighted by Gasteiger charge is 1.99. The molecule has 0 saturated heterocycles. The second-order valence-corrected chi connectivity index (χ2v) is 4.86. The molecule has 1 aromatic rings. The van der Waals surface area contributed by atoms with Gasteiger partial charge in [0.1, 0.15) is 0 Å². The van der Waals surface area contributed by atoms with E-state index in [0.29, 0.717) is 0 Å². The molecule has 1 nitrogen and oxygen atoms in total. The molecule has 0 heterocycles. The first kappa shape index (κ1) is 13.6. The molecule has 0 aliphatic carbocycles. The van der Waals surface area contributed by atoms with E-state index < -0.39 is 0 Å². The number of hydrogen-bond donors (Lipinski definition) is 1. The fraction of sp³-hybridized carbons (Fsp3) is 0.385. The summed E-state index contributed by atoms with van der Waals surface area (Å²) >= 11 is 9.43. The molecule has 0 aromatic heterocycles. The lowest BCUT2D eigenvalue weighted by Crippen LogP contribution is -2.14. The lowest BCUT2D eigenvalue weighted by Gasteiger charge is -2.06. The van der Waals surface area contributed by atoms with Crippen LogP contribution in [-0.4, -0.2) is 6.54 Å². The molecule has 0 radical (unpaired) electrons. The number of benzene rings is 1. The van der Waals surface area contributed by atoms with Gasteiger partial charge >= 0.3 is 0 Å². The van der Waals surface area contributed by atoms with Crippen molar-refractivity contribution in [1.82, 2.24) is 5.32 Å². The van der Waals surface area contributed by atoms with E-state index in [1.165, 1.54) is 5.56 Å². The molecule has 0 amide bonds. The number of terminal acetylenes is 1. The lowest BCUT2D eigenvalue weighted by atomic mass is 10.2. The van der Waals surface area contributed by atoms with Crippen LogP contribution in [0.25, 0.3) is 0 Å².